The van der Waals surface area contributed by atoms with E-state index in [0.29, 0.717) is 23.6 Å². The summed E-state index contributed by atoms with van der Waals surface area (Å²) >= 11 is 0. The van der Waals surface area contributed by atoms with Crippen LogP contribution in [-0.2, 0) is 14.3 Å². The van der Waals surface area contributed by atoms with Crippen molar-refractivity contribution in [1.29, 1.82) is 0 Å². The Labute approximate surface area is 183 Å². The molecule has 0 fully saturated rings. The minimum atomic E-state index is -0.906. The molecule has 0 aliphatic rings. The second kappa shape index (κ2) is 11.2. The average Bonchev–Trinajstić information content (AvgIpc) is 2.73. The van der Waals surface area contributed by atoms with Crippen LogP contribution in [-0.4, -0.2) is 37.0 Å². The van der Waals surface area contributed by atoms with Crippen LogP contribution in [0.3, 0.4) is 0 Å². The zero-order valence-electron chi connectivity index (χ0n) is 18.7. The molecule has 0 unspecified atom stereocenters. The summed E-state index contributed by atoms with van der Waals surface area (Å²) < 4.78 is 10.7. The Morgan fingerprint density at radius 1 is 1.00 bits per heavy atom. The lowest BCUT2D eigenvalue weighted by Crippen LogP contribution is -2.46. The zero-order valence-corrected chi connectivity index (χ0v) is 18.7. The van der Waals surface area contributed by atoms with Gasteiger partial charge in [0.1, 0.15) is 11.8 Å². The second-order valence-corrected chi connectivity index (χ2v) is 7.58. The number of nitrogens with one attached hydrogen (secondary N) is 2. The maximum atomic E-state index is 12.7. The van der Waals surface area contributed by atoms with Crippen LogP contribution in [0.4, 0.5) is 5.69 Å². The molecule has 0 aromatic heterocycles. The van der Waals surface area contributed by atoms with Crippen molar-refractivity contribution >= 4 is 23.5 Å². The van der Waals surface area contributed by atoms with E-state index in [1.54, 1.807) is 44.2 Å². The number of hydrogen-bond donors (Lipinski definition) is 2. The molecule has 2 N–H and O–H groups in total. The summed E-state index contributed by atoms with van der Waals surface area (Å²) in [6.07, 6.45) is 0. The number of aryl methyl sites for hydroxylation is 2. The van der Waals surface area contributed by atoms with Crippen LogP contribution in [0.15, 0.2) is 42.5 Å². The van der Waals surface area contributed by atoms with E-state index in [4.69, 9.17) is 9.47 Å². The van der Waals surface area contributed by atoms with E-state index in [1.165, 1.54) is 0 Å². The van der Waals surface area contributed by atoms with Crippen LogP contribution in [0, 0.1) is 19.8 Å². The molecule has 0 saturated heterocycles. The topological polar surface area (TPSA) is 93.7 Å². The van der Waals surface area contributed by atoms with Crippen molar-refractivity contribution < 1.29 is 23.9 Å². The summed E-state index contributed by atoms with van der Waals surface area (Å²) in [5.41, 5.74) is 3.12. The number of ether oxygens (including phenoxy) is 2. The van der Waals surface area contributed by atoms with Crippen LogP contribution in [0.1, 0.15) is 42.3 Å². The maximum absolute atomic E-state index is 12.7. The van der Waals surface area contributed by atoms with Gasteiger partial charge in [-0.2, -0.15) is 0 Å². The summed E-state index contributed by atoms with van der Waals surface area (Å²) in [5, 5.41) is 5.39. The molecule has 0 saturated carbocycles. The van der Waals surface area contributed by atoms with E-state index in [9.17, 15) is 14.4 Å². The Kier molecular flexibility index (Phi) is 8.61. The molecule has 0 bridgehead atoms. The van der Waals surface area contributed by atoms with Crippen molar-refractivity contribution in [3.05, 3.63) is 59.2 Å². The third kappa shape index (κ3) is 6.84. The highest BCUT2D eigenvalue weighted by atomic mass is 16.5. The largest absolute Gasteiger partial charge is 0.493 e. The number of hydrogen-bond acceptors (Lipinski definition) is 5. The van der Waals surface area contributed by atoms with Crippen LogP contribution >= 0.6 is 0 Å². The molecule has 31 heavy (non-hydrogen) atoms. The van der Waals surface area contributed by atoms with Gasteiger partial charge in [0.05, 0.1) is 12.2 Å². The lowest BCUT2D eigenvalue weighted by atomic mass is 10.0. The summed E-state index contributed by atoms with van der Waals surface area (Å²) in [6, 6.07) is 11.4. The van der Waals surface area contributed by atoms with Gasteiger partial charge < -0.3 is 20.1 Å². The molecule has 2 aromatic rings. The molecular formula is C24H30N2O5. The Morgan fingerprint density at radius 2 is 1.71 bits per heavy atom. The first kappa shape index (κ1) is 23.9. The predicted molar refractivity (Wildman–Crippen MR) is 119 cm³/mol. The van der Waals surface area contributed by atoms with E-state index >= 15 is 0 Å². The van der Waals surface area contributed by atoms with Gasteiger partial charge in [-0.1, -0.05) is 32.0 Å². The van der Waals surface area contributed by atoms with Gasteiger partial charge in [0, 0.05) is 5.69 Å². The summed E-state index contributed by atoms with van der Waals surface area (Å²) in [4.78, 5) is 37.5. The highest BCUT2D eigenvalue weighted by Crippen LogP contribution is 2.19. The van der Waals surface area contributed by atoms with Gasteiger partial charge in [-0.3, -0.25) is 9.59 Å². The first-order valence-corrected chi connectivity index (χ1v) is 10.3. The van der Waals surface area contributed by atoms with Gasteiger partial charge in [-0.05, 0) is 62.1 Å². The van der Waals surface area contributed by atoms with Crippen molar-refractivity contribution in [3.63, 3.8) is 0 Å². The van der Waals surface area contributed by atoms with Gasteiger partial charge in [0.2, 0.25) is 0 Å². The number of rotatable bonds is 9. The highest BCUT2D eigenvalue weighted by Gasteiger charge is 2.27. The van der Waals surface area contributed by atoms with E-state index < -0.39 is 30.4 Å². The van der Waals surface area contributed by atoms with E-state index in [1.807, 2.05) is 32.9 Å². The molecule has 2 rings (SSSR count). The lowest BCUT2D eigenvalue weighted by molar-refractivity contribution is -0.150. The monoisotopic (exact) mass is 426 g/mol. The maximum Gasteiger partial charge on any atom is 0.329 e. The first-order valence-electron chi connectivity index (χ1n) is 10.3. The molecule has 7 heteroatoms. The number of amides is 2. The molecule has 0 aliphatic heterocycles. The molecule has 0 radical (unpaired) electrons. The lowest BCUT2D eigenvalue weighted by Gasteiger charge is -2.21. The molecule has 2 aromatic carbocycles. The van der Waals surface area contributed by atoms with E-state index in [2.05, 4.69) is 10.6 Å². The molecule has 0 aliphatic carbocycles. The van der Waals surface area contributed by atoms with Gasteiger partial charge in [-0.15, -0.1) is 0 Å². The van der Waals surface area contributed by atoms with Gasteiger partial charge in [0.15, 0.2) is 6.61 Å². The Bertz CT molecular complexity index is 939. The highest BCUT2D eigenvalue weighted by molar-refractivity contribution is 5.99. The SMILES string of the molecule is CCOc1ccccc1C(=O)N[C@H](C(=O)OCC(=O)Nc1ccc(C)c(C)c1)C(C)C. The Hall–Kier alpha value is -3.35. The Balaban J connectivity index is 1.98. The third-order valence-corrected chi connectivity index (χ3v) is 4.77. The van der Waals surface area contributed by atoms with Crippen LogP contribution < -0.4 is 15.4 Å². The summed E-state index contributed by atoms with van der Waals surface area (Å²) in [5.74, 6) is -1.37. The molecule has 166 valence electrons. The average molecular weight is 427 g/mol. The fourth-order valence-electron chi connectivity index (χ4n) is 2.90. The van der Waals surface area contributed by atoms with Gasteiger partial charge >= 0.3 is 5.97 Å². The fourth-order valence-corrected chi connectivity index (χ4v) is 2.90. The molecule has 7 nitrogen and oxygen atoms in total. The molecular weight excluding hydrogens is 396 g/mol. The third-order valence-electron chi connectivity index (χ3n) is 4.77. The van der Waals surface area contributed by atoms with Crippen LogP contribution in [0.25, 0.3) is 0 Å². The normalized spacial score (nSPS) is 11.5. The predicted octanol–water partition coefficient (Wildman–Crippen LogP) is 3.64. The van der Waals surface area contributed by atoms with Crippen LogP contribution in [0.2, 0.25) is 0 Å². The fraction of sp³-hybridized carbons (Fsp3) is 0.375. The number of carbonyl (C=O) groups excluding carboxylic acids is 3. The summed E-state index contributed by atoms with van der Waals surface area (Å²) in [7, 11) is 0. The number of anilines is 1. The second-order valence-electron chi connectivity index (χ2n) is 7.58. The van der Waals surface area contributed by atoms with Gasteiger partial charge in [-0.25, -0.2) is 4.79 Å². The molecule has 0 spiro atoms. The Morgan fingerprint density at radius 3 is 2.35 bits per heavy atom. The smallest absolute Gasteiger partial charge is 0.329 e. The summed E-state index contributed by atoms with van der Waals surface area (Å²) in [6.45, 7) is 9.30. The van der Waals surface area contributed by atoms with Crippen molar-refractivity contribution in [2.24, 2.45) is 5.92 Å². The first-order chi connectivity index (χ1) is 14.7. The van der Waals surface area contributed by atoms with Gasteiger partial charge in [0.25, 0.3) is 11.8 Å². The number of para-hydroxylation sites is 1. The van der Waals surface area contributed by atoms with E-state index in [0.717, 1.165) is 11.1 Å². The van der Waals surface area contributed by atoms with Crippen molar-refractivity contribution in [2.75, 3.05) is 18.5 Å². The standard InChI is InChI=1S/C24H30N2O5/c1-6-30-20-10-8-7-9-19(20)23(28)26-22(15(2)3)24(29)31-14-21(27)25-18-12-11-16(4)17(5)13-18/h7-13,15,22H,6,14H2,1-5H3,(H,25,27)(H,26,28)/t22-/m0/s1. The molecule has 2 amide bonds. The zero-order chi connectivity index (χ0) is 23.0. The number of esters is 1. The van der Waals surface area contributed by atoms with Crippen LogP contribution in [0.5, 0.6) is 5.75 Å². The van der Waals surface area contributed by atoms with Crippen molar-refractivity contribution in [3.8, 4) is 5.75 Å². The number of benzene rings is 2. The van der Waals surface area contributed by atoms with Crippen molar-refractivity contribution in [1.82, 2.24) is 5.32 Å². The molecule has 1 atom stereocenters. The quantitative estimate of drug-likeness (QED) is 0.597. The number of carbonyl (C=O) groups is 3. The van der Waals surface area contributed by atoms with Crippen molar-refractivity contribution in [2.45, 2.75) is 40.7 Å². The molecule has 0 heterocycles. The minimum Gasteiger partial charge on any atom is -0.493 e. The minimum absolute atomic E-state index is 0.237. The van der Waals surface area contributed by atoms with E-state index in [-0.39, 0.29) is 5.92 Å².